The lowest BCUT2D eigenvalue weighted by molar-refractivity contribution is -0.121. The molecule has 5 rings (SSSR count). The molecule has 182 valence electrons. The Kier molecular flexibility index (Phi) is 6.89. The maximum atomic E-state index is 13.5. The third-order valence-electron chi connectivity index (χ3n) is 5.97. The fourth-order valence-electron chi connectivity index (χ4n) is 4.07. The van der Waals surface area contributed by atoms with E-state index in [0.29, 0.717) is 22.3 Å². The van der Waals surface area contributed by atoms with Gasteiger partial charge in [-0.25, -0.2) is 9.40 Å². The van der Waals surface area contributed by atoms with Crippen LogP contribution in [0, 0.1) is 12.7 Å². The predicted octanol–water partition coefficient (Wildman–Crippen LogP) is 5.97. The molecular formula is C27H22ClFN4O2S. The summed E-state index contributed by atoms with van der Waals surface area (Å²) in [5, 5.41) is 9.71. The van der Waals surface area contributed by atoms with Crippen molar-refractivity contribution in [2.24, 2.45) is 10.1 Å². The van der Waals surface area contributed by atoms with Crippen LogP contribution in [-0.2, 0) is 9.59 Å². The summed E-state index contributed by atoms with van der Waals surface area (Å²) in [6, 6.07) is 20.9. The Morgan fingerprint density at radius 3 is 2.47 bits per heavy atom. The van der Waals surface area contributed by atoms with Gasteiger partial charge < -0.3 is 5.32 Å². The number of halogens is 2. The Hall–Kier alpha value is -3.49. The van der Waals surface area contributed by atoms with E-state index >= 15 is 0 Å². The van der Waals surface area contributed by atoms with Crippen LogP contribution in [0.5, 0.6) is 0 Å². The van der Waals surface area contributed by atoms with Gasteiger partial charge in [-0.05, 0) is 54.4 Å². The number of carbonyl (C=O) groups excluding carboxylic acids is 2. The number of hydrazone groups is 1. The van der Waals surface area contributed by atoms with Gasteiger partial charge in [0.15, 0.2) is 5.17 Å². The first-order valence-corrected chi connectivity index (χ1v) is 12.7. The van der Waals surface area contributed by atoms with Gasteiger partial charge in [0.05, 0.1) is 11.8 Å². The number of aliphatic imine (C=N–C) groups is 1. The topological polar surface area (TPSA) is 74.1 Å². The molecule has 2 amide bonds. The van der Waals surface area contributed by atoms with Crippen LogP contribution in [-0.4, -0.2) is 33.0 Å². The molecule has 1 N–H and O–H groups in total. The highest BCUT2D eigenvalue weighted by Gasteiger charge is 2.39. The summed E-state index contributed by atoms with van der Waals surface area (Å²) in [5.74, 6) is -0.966. The molecule has 2 aliphatic rings. The summed E-state index contributed by atoms with van der Waals surface area (Å²) in [6.45, 7) is 2.02. The second-order valence-corrected chi connectivity index (χ2v) is 10.2. The largest absolute Gasteiger partial charge is 0.326 e. The molecule has 2 aliphatic heterocycles. The number of amidine groups is 1. The zero-order valence-corrected chi connectivity index (χ0v) is 20.9. The molecule has 0 radical (unpaired) electrons. The summed E-state index contributed by atoms with van der Waals surface area (Å²) >= 11 is 7.13. The first kappa shape index (κ1) is 24.2. The van der Waals surface area contributed by atoms with Crippen molar-refractivity contribution in [2.45, 2.75) is 31.1 Å². The second-order valence-electron chi connectivity index (χ2n) is 8.63. The molecule has 0 unspecified atom stereocenters. The monoisotopic (exact) mass is 520 g/mol. The molecule has 2 heterocycles. The molecule has 0 aliphatic carbocycles. The maximum Gasteiger partial charge on any atom is 0.262 e. The zero-order chi connectivity index (χ0) is 25.2. The highest BCUT2D eigenvalue weighted by atomic mass is 35.5. The van der Waals surface area contributed by atoms with Crippen LogP contribution in [0.15, 0.2) is 82.9 Å². The average Bonchev–Trinajstić information content (AvgIpc) is 3.45. The van der Waals surface area contributed by atoms with E-state index in [0.717, 1.165) is 22.4 Å². The Labute approximate surface area is 217 Å². The second kappa shape index (κ2) is 10.2. The van der Waals surface area contributed by atoms with Crippen LogP contribution in [0.25, 0.3) is 0 Å². The minimum atomic E-state index is -0.643. The van der Waals surface area contributed by atoms with E-state index in [1.165, 1.54) is 23.9 Å². The molecule has 36 heavy (non-hydrogen) atoms. The maximum absolute atomic E-state index is 13.5. The van der Waals surface area contributed by atoms with E-state index < -0.39 is 5.25 Å². The highest BCUT2D eigenvalue weighted by Crippen LogP contribution is 2.38. The fraction of sp³-hybridized carbons (Fsp3) is 0.185. The molecule has 0 bridgehead atoms. The van der Waals surface area contributed by atoms with Crippen LogP contribution < -0.4 is 5.32 Å². The number of aryl methyl sites for hydroxylation is 1. The molecule has 0 saturated heterocycles. The number of thioether (sulfide) groups is 1. The van der Waals surface area contributed by atoms with E-state index in [4.69, 9.17) is 16.7 Å². The average molecular weight is 521 g/mol. The Morgan fingerprint density at radius 1 is 1.08 bits per heavy atom. The van der Waals surface area contributed by atoms with E-state index in [1.807, 2.05) is 31.2 Å². The third-order valence-corrected chi connectivity index (χ3v) is 7.37. The summed E-state index contributed by atoms with van der Waals surface area (Å²) in [4.78, 5) is 29.6. The van der Waals surface area contributed by atoms with Gasteiger partial charge in [0.25, 0.3) is 5.91 Å². The van der Waals surface area contributed by atoms with Crippen molar-refractivity contribution < 1.29 is 14.0 Å². The van der Waals surface area contributed by atoms with Crippen LogP contribution in [0.1, 0.15) is 35.6 Å². The van der Waals surface area contributed by atoms with Crippen LogP contribution in [0.2, 0.25) is 5.02 Å². The van der Waals surface area contributed by atoms with Gasteiger partial charge in [-0.2, -0.15) is 10.1 Å². The van der Waals surface area contributed by atoms with Gasteiger partial charge >= 0.3 is 0 Å². The van der Waals surface area contributed by atoms with Crippen LogP contribution in [0.3, 0.4) is 0 Å². The van der Waals surface area contributed by atoms with Gasteiger partial charge in [0.2, 0.25) is 5.91 Å². The lowest BCUT2D eigenvalue weighted by Gasteiger charge is -2.23. The van der Waals surface area contributed by atoms with E-state index in [9.17, 15) is 14.0 Å². The van der Waals surface area contributed by atoms with Gasteiger partial charge in [-0.15, -0.1) is 0 Å². The molecule has 0 saturated carbocycles. The van der Waals surface area contributed by atoms with Gasteiger partial charge in [0, 0.05) is 23.6 Å². The SMILES string of the molecule is Cc1ccc([C@@H]2CC(c3ccc(F)cc3)=NN2C2=NC(=O)[C@H](CC(=O)Nc3ccc(Cl)cc3)S2)cc1. The van der Waals surface area contributed by atoms with E-state index in [-0.39, 0.29) is 30.1 Å². The number of amides is 2. The van der Waals surface area contributed by atoms with Crippen molar-refractivity contribution in [1.82, 2.24) is 5.01 Å². The van der Waals surface area contributed by atoms with Gasteiger partial charge in [-0.3, -0.25) is 9.59 Å². The smallest absolute Gasteiger partial charge is 0.262 e. The van der Waals surface area contributed by atoms with Crippen molar-refractivity contribution in [2.75, 3.05) is 5.32 Å². The number of anilines is 1. The quantitative estimate of drug-likeness (QED) is 0.450. The lowest BCUT2D eigenvalue weighted by atomic mass is 9.98. The Morgan fingerprint density at radius 2 is 1.78 bits per heavy atom. The predicted molar refractivity (Wildman–Crippen MR) is 142 cm³/mol. The minimum Gasteiger partial charge on any atom is -0.326 e. The third kappa shape index (κ3) is 5.34. The minimum absolute atomic E-state index is 0.0172. The number of hydrogen-bond acceptors (Lipinski definition) is 5. The van der Waals surface area contributed by atoms with E-state index in [1.54, 1.807) is 41.4 Å². The summed E-state index contributed by atoms with van der Waals surface area (Å²) in [7, 11) is 0. The Balaban J connectivity index is 1.35. The fourth-order valence-corrected chi connectivity index (χ4v) is 5.26. The number of benzene rings is 3. The first-order chi connectivity index (χ1) is 17.4. The summed E-state index contributed by atoms with van der Waals surface area (Å²) < 4.78 is 13.5. The van der Waals surface area contributed by atoms with Crippen molar-refractivity contribution in [1.29, 1.82) is 0 Å². The van der Waals surface area contributed by atoms with Crippen LogP contribution in [0.4, 0.5) is 10.1 Å². The van der Waals surface area contributed by atoms with Crippen molar-refractivity contribution >= 4 is 51.7 Å². The molecule has 6 nitrogen and oxygen atoms in total. The molecule has 0 fully saturated rings. The summed E-state index contributed by atoms with van der Waals surface area (Å²) in [5.41, 5.74) is 4.36. The molecule has 9 heteroatoms. The number of nitrogens with zero attached hydrogens (tertiary/aromatic N) is 3. The first-order valence-electron chi connectivity index (χ1n) is 11.4. The molecule has 0 aromatic heterocycles. The number of nitrogens with one attached hydrogen (secondary N) is 1. The van der Waals surface area contributed by atoms with Crippen molar-refractivity contribution in [3.05, 3.63) is 100 Å². The lowest BCUT2D eigenvalue weighted by Crippen LogP contribution is -2.25. The molecule has 2 atom stereocenters. The standard InChI is InChI=1S/C27H22ClFN4O2S/c1-16-2-4-18(5-3-16)23-14-22(17-6-10-20(29)11-7-17)32-33(23)27-31-26(35)24(36-27)15-25(34)30-21-12-8-19(28)9-13-21/h2-13,23-24H,14-15H2,1H3,(H,30,34)/t23-,24-/m0/s1. The van der Waals surface area contributed by atoms with Gasteiger partial charge in [0.1, 0.15) is 11.1 Å². The van der Waals surface area contributed by atoms with Crippen molar-refractivity contribution in [3.8, 4) is 0 Å². The number of rotatable bonds is 5. The molecular weight excluding hydrogens is 499 g/mol. The number of hydrogen-bond donors (Lipinski definition) is 1. The molecule has 3 aromatic carbocycles. The summed E-state index contributed by atoms with van der Waals surface area (Å²) in [6.07, 6.45) is 0.556. The van der Waals surface area contributed by atoms with Crippen molar-refractivity contribution in [3.63, 3.8) is 0 Å². The molecule has 0 spiro atoms. The zero-order valence-electron chi connectivity index (χ0n) is 19.3. The Bertz CT molecular complexity index is 1360. The normalized spacial score (nSPS) is 19.3. The number of carbonyl (C=O) groups is 2. The van der Waals surface area contributed by atoms with Crippen LogP contribution >= 0.6 is 23.4 Å². The van der Waals surface area contributed by atoms with E-state index in [2.05, 4.69) is 10.3 Å². The molecule has 3 aromatic rings. The highest BCUT2D eigenvalue weighted by molar-refractivity contribution is 8.15. The van der Waals surface area contributed by atoms with Gasteiger partial charge in [-0.1, -0.05) is 65.3 Å².